The van der Waals surface area contributed by atoms with Gasteiger partial charge in [-0.2, -0.15) is 0 Å². The zero-order valence-electron chi connectivity index (χ0n) is 10.4. The Hall–Kier alpha value is -0.570. The number of rotatable bonds is 3. The standard InChI is InChI=1S/C12H24N2O.H2/c1-5-10-6-11(8-14(4)7-10)13-12(15)9(2)3;/h9-11H,5-8H2,1-4H3,(H,13,15);1H. The second kappa shape index (κ2) is 5.50. The highest BCUT2D eigenvalue weighted by molar-refractivity contribution is 5.78. The lowest BCUT2D eigenvalue weighted by Crippen LogP contribution is -2.50. The number of likely N-dealkylation sites (tertiary alicyclic amines) is 1. The third-order valence-electron chi connectivity index (χ3n) is 3.17. The molecule has 1 saturated heterocycles. The predicted octanol–water partition coefficient (Wildman–Crippen LogP) is 1.73. The Morgan fingerprint density at radius 2 is 2.20 bits per heavy atom. The van der Waals surface area contributed by atoms with Gasteiger partial charge in [0, 0.05) is 26.5 Å². The first-order chi connectivity index (χ1) is 7.02. The van der Waals surface area contributed by atoms with Crippen LogP contribution in [-0.4, -0.2) is 37.0 Å². The van der Waals surface area contributed by atoms with Gasteiger partial charge in [0.15, 0.2) is 0 Å². The fourth-order valence-electron chi connectivity index (χ4n) is 2.21. The van der Waals surface area contributed by atoms with Crippen LogP contribution in [0.4, 0.5) is 0 Å². The van der Waals surface area contributed by atoms with Crippen molar-refractivity contribution in [2.45, 2.75) is 39.7 Å². The molecule has 1 heterocycles. The summed E-state index contributed by atoms with van der Waals surface area (Å²) in [6, 6.07) is 0.351. The Labute approximate surface area is 94.7 Å². The van der Waals surface area contributed by atoms with Gasteiger partial charge in [0.2, 0.25) is 5.91 Å². The van der Waals surface area contributed by atoms with Gasteiger partial charge >= 0.3 is 0 Å². The SMILES string of the molecule is CCC1CC(NC(=O)C(C)C)CN(C)C1.[HH]. The minimum absolute atomic E-state index is 0. The Morgan fingerprint density at radius 1 is 1.53 bits per heavy atom. The number of hydrogen-bond acceptors (Lipinski definition) is 2. The van der Waals surface area contributed by atoms with E-state index in [4.69, 9.17) is 0 Å². The summed E-state index contributed by atoms with van der Waals surface area (Å²) in [5.74, 6) is 1.02. The van der Waals surface area contributed by atoms with E-state index in [1.807, 2.05) is 13.8 Å². The highest BCUT2D eigenvalue weighted by Gasteiger charge is 2.25. The molecule has 1 amide bonds. The highest BCUT2D eigenvalue weighted by atomic mass is 16.1. The fraction of sp³-hybridized carbons (Fsp3) is 0.917. The molecule has 0 bridgehead atoms. The molecule has 1 N–H and O–H groups in total. The minimum Gasteiger partial charge on any atom is -0.352 e. The molecular formula is C12H26N2O. The average Bonchev–Trinajstić information content (AvgIpc) is 2.16. The van der Waals surface area contributed by atoms with Gasteiger partial charge < -0.3 is 10.2 Å². The van der Waals surface area contributed by atoms with E-state index in [9.17, 15) is 4.79 Å². The molecule has 0 aromatic carbocycles. The van der Waals surface area contributed by atoms with Gasteiger partial charge in [0.05, 0.1) is 0 Å². The van der Waals surface area contributed by atoms with Crippen molar-refractivity contribution in [1.82, 2.24) is 10.2 Å². The summed E-state index contributed by atoms with van der Waals surface area (Å²) in [5.41, 5.74) is 0. The number of carbonyl (C=O) groups is 1. The number of hydrogen-bond donors (Lipinski definition) is 1. The molecule has 15 heavy (non-hydrogen) atoms. The summed E-state index contributed by atoms with van der Waals surface area (Å²) in [6.45, 7) is 8.28. The van der Waals surface area contributed by atoms with Crippen molar-refractivity contribution >= 4 is 5.91 Å². The molecule has 0 aliphatic carbocycles. The summed E-state index contributed by atoms with van der Waals surface area (Å²) in [5, 5.41) is 3.13. The molecule has 90 valence electrons. The summed E-state index contributed by atoms with van der Waals surface area (Å²) in [7, 11) is 2.14. The molecule has 3 nitrogen and oxygen atoms in total. The van der Waals surface area contributed by atoms with Gasteiger partial charge in [-0.05, 0) is 19.4 Å². The average molecular weight is 214 g/mol. The van der Waals surface area contributed by atoms with E-state index in [-0.39, 0.29) is 13.3 Å². The van der Waals surface area contributed by atoms with Crippen LogP contribution in [0, 0.1) is 11.8 Å². The number of likely N-dealkylation sites (N-methyl/N-ethyl adjacent to an activating group) is 1. The lowest BCUT2D eigenvalue weighted by atomic mass is 9.92. The molecule has 1 fully saturated rings. The van der Waals surface area contributed by atoms with Gasteiger partial charge in [0.1, 0.15) is 0 Å². The molecule has 0 spiro atoms. The van der Waals surface area contributed by atoms with E-state index < -0.39 is 0 Å². The van der Waals surface area contributed by atoms with E-state index in [0.29, 0.717) is 6.04 Å². The van der Waals surface area contributed by atoms with Crippen LogP contribution >= 0.6 is 0 Å². The molecule has 0 aromatic rings. The second-order valence-electron chi connectivity index (χ2n) is 5.09. The van der Waals surface area contributed by atoms with Gasteiger partial charge in [-0.3, -0.25) is 4.79 Å². The van der Waals surface area contributed by atoms with Crippen molar-refractivity contribution in [3.63, 3.8) is 0 Å². The van der Waals surface area contributed by atoms with E-state index in [0.717, 1.165) is 18.9 Å². The third kappa shape index (κ3) is 3.82. The first-order valence-electron chi connectivity index (χ1n) is 6.01. The van der Waals surface area contributed by atoms with Crippen molar-refractivity contribution in [3.8, 4) is 0 Å². The molecule has 0 saturated carbocycles. The molecular weight excluding hydrogens is 188 g/mol. The first kappa shape index (κ1) is 12.5. The summed E-state index contributed by atoms with van der Waals surface area (Å²) in [6.07, 6.45) is 2.34. The van der Waals surface area contributed by atoms with Crippen LogP contribution < -0.4 is 5.32 Å². The summed E-state index contributed by atoms with van der Waals surface area (Å²) >= 11 is 0. The van der Waals surface area contributed by atoms with Gasteiger partial charge in [-0.15, -0.1) is 0 Å². The molecule has 1 aliphatic heterocycles. The van der Waals surface area contributed by atoms with Gasteiger partial charge in [-0.25, -0.2) is 0 Å². The van der Waals surface area contributed by atoms with Crippen molar-refractivity contribution in [2.75, 3.05) is 20.1 Å². The Morgan fingerprint density at radius 3 is 2.73 bits per heavy atom. The van der Waals surface area contributed by atoms with Crippen molar-refractivity contribution < 1.29 is 6.22 Å². The zero-order valence-corrected chi connectivity index (χ0v) is 10.4. The highest BCUT2D eigenvalue weighted by Crippen LogP contribution is 2.18. The van der Waals surface area contributed by atoms with E-state index in [1.165, 1.54) is 13.0 Å². The van der Waals surface area contributed by atoms with E-state index in [1.54, 1.807) is 0 Å². The quantitative estimate of drug-likeness (QED) is 0.776. The number of nitrogens with zero attached hydrogens (tertiary/aromatic N) is 1. The maximum absolute atomic E-state index is 11.6. The van der Waals surface area contributed by atoms with Gasteiger partial charge in [-0.1, -0.05) is 27.2 Å². The molecule has 2 unspecified atom stereocenters. The van der Waals surface area contributed by atoms with Crippen molar-refractivity contribution in [3.05, 3.63) is 0 Å². The maximum Gasteiger partial charge on any atom is 0.222 e. The lowest BCUT2D eigenvalue weighted by Gasteiger charge is -2.35. The number of nitrogens with one attached hydrogen (secondary N) is 1. The Bertz CT molecular complexity index is 221. The van der Waals surface area contributed by atoms with Crippen LogP contribution in [0.1, 0.15) is 35.0 Å². The fourth-order valence-corrected chi connectivity index (χ4v) is 2.21. The van der Waals surface area contributed by atoms with Crippen LogP contribution in [-0.2, 0) is 4.79 Å². The van der Waals surface area contributed by atoms with Crippen LogP contribution in [0.5, 0.6) is 0 Å². The van der Waals surface area contributed by atoms with Crippen LogP contribution in [0.3, 0.4) is 0 Å². The molecule has 2 atom stereocenters. The lowest BCUT2D eigenvalue weighted by molar-refractivity contribution is -0.125. The minimum atomic E-state index is 0. The van der Waals surface area contributed by atoms with Crippen LogP contribution in [0.25, 0.3) is 0 Å². The molecule has 0 aromatic heterocycles. The monoisotopic (exact) mass is 214 g/mol. The third-order valence-corrected chi connectivity index (χ3v) is 3.17. The smallest absolute Gasteiger partial charge is 0.222 e. The van der Waals surface area contributed by atoms with Crippen molar-refractivity contribution in [1.29, 1.82) is 0 Å². The Kier molecular flexibility index (Phi) is 4.58. The second-order valence-corrected chi connectivity index (χ2v) is 5.09. The topological polar surface area (TPSA) is 32.3 Å². The van der Waals surface area contributed by atoms with Crippen LogP contribution in [0.2, 0.25) is 0 Å². The number of piperidine rings is 1. The molecule has 0 radical (unpaired) electrons. The molecule has 1 rings (SSSR count). The maximum atomic E-state index is 11.6. The number of carbonyl (C=O) groups excluding carboxylic acids is 1. The predicted molar refractivity (Wildman–Crippen MR) is 64.8 cm³/mol. The Balaban J connectivity index is 0.00000225. The molecule has 1 aliphatic rings. The van der Waals surface area contributed by atoms with E-state index in [2.05, 4.69) is 24.2 Å². The van der Waals surface area contributed by atoms with Crippen molar-refractivity contribution in [2.24, 2.45) is 11.8 Å². The summed E-state index contributed by atoms with van der Waals surface area (Å²) in [4.78, 5) is 13.9. The normalized spacial score (nSPS) is 28.1. The number of amides is 1. The molecule has 3 heteroatoms. The first-order valence-corrected chi connectivity index (χ1v) is 6.01. The van der Waals surface area contributed by atoms with Gasteiger partial charge in [0.25, 0.3) is 0 Å². The summed E-state index contributed by atoms with van der Waals surface area (Å²) < 4.78 is 0. The van der Waals surface area contributed by atoms with E-state index >= 15 is 0 Å². The zero-order chi connectivity index (χ0) is 11.4. The largest absolute Gasteiger partial charge is 0.352 e. The van der Waals surface area contributed by atoms with Crippen LogP contribution in [0.15, 0.2) is 0 Å².